The lowest BCUT2D eigenvalue weighted by molar-refractivity contribution is -0.139. The van der Waals surface area contributed by atoms with Gasteiger partial charge in [-0.25, -0.2) is 4.79 Å². The highest BCUT2D eigenvalue weighted by atomic mass is 32.1. The molecule has 135 heavy (non-hydrogen) atoms. The number of unbranched alkanes of at least 4 members (excludes halogenated alkanes) is 1. The van der Waals surface area contributed by atoms with Gasteiger partial charge in [0, 0.05) is 121 Å². The fourth-order valence-corrected chi connectivity index (χ4v) is 20.3. The van der Waals surface area contributed by atoms with E-state index in [0.717, 1.165) is 162 Å². The van der Waals surface area contributed by atoms with Gasteiger partial charge in [0.15, 0.2) is 0 Å². The third-order valence-corrected chi connectivity index (χ3v) is 27.4. The molecular weight excluding hydrogens is 1780 g/mol. The van der Waals surface area contributed by atoms with E-state index < -0.39 is 65.1 Å². The van der Waals surface area contributed by atoms with Crippen molar-refractivity contribution >= 4 is 46.1 Å². The number of carbonyl (C=O) groups is 2. The maximum absolute atomic E-state index is 13.7. The number of hydrogen-bond donors (Lipinski definition) is 9. The number of nitrogens with one attached hydrogen (secondary N) is 7. The summed E-state index contributed by atoms with van der Waals surface area (Å²) in [6, 6.07) is 47.2. The lowest BCUT2D eigenvalue weighted by atomic mass is 9.76. The van der Waals surface area contributed by atoms with E-state index in [1.54, 1.807) is 17.4 Å². The normalized spacial score (nSPS) is 24.0. The molecule has 744 valence electrons. The number of carboxylic acids is 1. The molecule has 0 unspecified atom stereocenters. The molecule has 32 heteroatoms. The van der Waals surface area contributed by atoms with Crippen LogP contribution in [0, 0.1) is 23.7 Å². The molecular formula is C103H140F12N12O7S. The second-order valence-corrected chi connectivity index (χ2v) is 36.1. The van der Waals surface area contributed by atoms with Crippen LogP contribution in [0.25, 0.3) is 0 Å². The van der Waals surface area contributed by atoms with E-state index in [2.05, 4.69) is 117 Å². The van der Waals surface area contributed by atoms with Gasteiger partial charge in [-0.3, -0.25) is 4.79 Å². The Balaban J connectivity index is 0.000000203. The van der Waals surface area contributed by atoms with Crippen LogP contribution in [0.5, 0.6) is 0 Å². The molecule has 8 aromatic rings. The number of urea groups is 1. The molecule has 16 atom stereocenters. The number of carboxylic acid groups (broad SMARTS) is 1. The first-order valence-corrected chi connectivity index (χ1v) is 46.9. The third kappa shape index (κ3) is 28.4. The summed E-state index contributed by atoms with van der Waals surface area (Å²) >= 11 is 1.62. The minimum absolute atomic E-state index is 0. The lowest BCUT2D eigenvalue weighted by Gasteiger charge is -2.46. The molecule has 19 nitrogen and oxygen atoms in total. The molecule has 2 amide bonds. The van der Waals surface area contributed by atoms with Crippen molar-refractivity contribution in [1.29, 1.82) is 0 Å². The molecule has 0 spiro atoms. The number of aliphatic carboxylic acids is 1. The zero-order chi connectivity index (χ0) is 93.3. The van der Waals surface area contributed by atoms with Crippen molar-refractivity contribution in [3.8, 4) is 0 Å². The fourth-order valence-electron chi connectivity index (χ4n) is 19.6. The van der Waals surface area contributed by atoms with Crippen molar-refractivity contribution < 1.29 is 86.3 Å². The van der Waals surface area contributed by atoms with E-state index in [9.17, 15) is 62.3 Å². The van der Waals surface area contributed by atoms with Crippen molar-refractivity contribution in [2.45, 2.75) is 219 Å². The van der Waals surface area contributed by atoms with E-state index >= 15 is 0 Å². The Morgan fingerprint density at radius 2 is 0.741 bits per heavy atom. The van der Waals surface area contributed by atoms with Crippen LogP contribution in [0.4, 0.5) is 80.2 Å². The van der Waals surface area contributed by atoms with E-state index in [0.29, 0.717) is 84.9 Å². The van der Waals surface area contributed by atoms with Crippen LogP contribution < -0.4 is 43.0 Å². The van der Waals surface area contributed by atoms with Gasteiger partial charge in [0.2, 0.25) is 0 Å². The molecule has 8 aliphatic rings. The van der Waals surface area contributed by atoms with Crippen molar-refractivity contribution in [1.82, 2.24) is 35.6 Å². The van der Waals surface area contributed by atoms with E-state index in [1.807, 2.05) is 89.1 Å². The predicted octanol–water partition coefficient (Wildman–Crippen LogP) is 23.7. The van der Waals surface area contributed by atoms with Gasteiger partial charge < -0.3 is 86.6 Å². The highest BCUT2D eigenvalue weighted by Crippen LogP contribution is 2.57. The molecule has 0 saturated carbocycles. The number of ether oxygens (including phenoxy) is 4. The molecule has 4 fully saturated rings. The Bertz CT molecular complexity index is 4910. The molecule has 4 saturated heterocycles. The molecule has 0 aliphatic carbocycles. The molecule has 0 bridgehead atoms. The zero-order valence-corrected chi connectivity index (χ0v) is 75.8. The van der Waals surface area contributed by atoms with Gasteiger partial charge >= 0.3 is 36.7 Å². The molecule has 7 aromatic carbocycles. The number of fused-ring (bicyclic) bond motifs is 12. The van der Waals surface area contributed by atoms with Crippen LogP contribution >= 0.6 is 11.3 Å². The van der Waals surface area contributed by atoms with Crippen LogP contribution in [-0.4, -0.2) is 173 Å². The summed E-state index contributed by atoms with van der Waals surface area (Å²) in [5, 5.41) is 36.2. The summed E-state index contributed by atoms with van der Waals surface area (Å²) in [7, 11) is 4.15. The molecule has 1 aromatic heterocycles. The molecule has 16 rings (SSSR count). The summed E-state index contributed by atoms with van der Waals surface area (Å²) in [6.45, 7) is 18.6. The number of hydrogen-bond acceptors (Lipinski definition) is 17. The number of thiophene rings is 1. The van der Waals surface area contributed by atoms with Crippen LogP contribution in [0.1, 0.15) is 237 Å². The first kappa shape index (κ1) is 110. The highest BCUT2D eigenvalue weighted by Gasteiger charge is 2.49. The standard InChI is InChI=1S/C33H48F3N5O2.C26H34F3N3O.C22H23F3N2O3.C18H19F3N2OS.4CH4/c1-5-39(6-2)18-20-41(21-19-40(7-3)8-4)32(42)37-23-26-15-16-27-30(24-12-10-9-11-13-24)38-29-17-14-25(33(34,35)36)22-28(29)31(27)43-26;1-32(2)15-7-6-14-30-17-20-11-12-21-24(18-8-4-3-5-9-18)31-23-13-10-19(26(27,28)29)16-22(23)25(21)33-20;23-22(24,25)14-6-9-18-17(10-14)21-16(20(27-18)13-4-2-1-3-5-13)8-7-15(30-21)11-26-12-19(28)29;19-18(20,21)11-1-4-15-14(7-11)17-13(3-2-12(8-22)24-17)16(23-15)10-5-6-25-9-10;;;;/h9-14,17,22,26-27,30-31,38H,5-8,15-16,18-21,23H2,1-4H3,(H,37,42);3-5,8-10,13,16,20-21,24-25,30-31H,6-7,11-12,14-15,17H2,1-2H3;1-6,9-10,15-16,20-21,26-27H,7-8,11-12H2,(H,28,29);1,4-7,9,12-13,16-17,23H,2-3,8,22H2;4*1H4/t26-,27+,30+,31+;20-,21+,24+,25+;15-,16+,20+,21+;12-,13+,16+,17+;;;;/m1111..../s1. The van der Waals surface area contributed by atoms with Crippen LogP contribution in [-0.2, 0) is 48.4 Å². The predicted molar refractivity (Wildman–Crippen MR) is 514 cm³/mol. The molecule has 10 N–H and O–H groups in total. The number of carbonyl (C=O) groups excluding carboxylic acids is 1. The first-order chi connectivity index (χ1) is 62.8. The molecule has 9 heterocycles. The minimum atomic E-state index is -4.44. The van der Waals surface area contributed by atoms with Gasteiger partial charge in [-0.05, 0) is 229 Å². The topological polar surface area (TPSA) is 214 Å². The average Bonchev–Trinajstić information content (AvgIpc) is 1.32. The summed E-state index contributed by atoms with van der Waals surface area (Å²) in [4.78, 5) is 32.8. The summed E-state index contributed by atoms with van der Waals surface area (Å²) < 4.78 is 186. The number of anilines is 4. The SMILES string of the molecule is C.C.C.C.CCN(CC)CCN(CCN(CC)CC)C(=O)NC[C@H]1CC[C@@H]2[C@H](O1)c1cc(C(F)(F)F)ccc1N[C@H]2c1ccccc1.CN(C)CCCCNC[C@H]1CC[C@@H]2[C@H](O1)c1cc(C(F)(F)F)ccc1N[C@H]2c1ccccc1.NC[C@H]1CC[C@@H]2[C@H](O1)c1cc(C(F)(F)F)ccc1N[C@H]2c1ccsc1.O=C(O)CNC[C@H]1CC[C@@H]2[C@H](O1)c1cc(C(F)(F)F)ccc1N[C@H]2c1ccccc1. The second kappa shape index (κ2) is 50.0. The van der Waals surface area contributed by atoms with E-state index in [-0.39, 0.29) is 127 Å². The highest BCUT2D eigenvalue weighted by molar-refractivity contribution is 7.08. The number of rotatable bonds is 28. The molecule has 0 radical (unpaired) electrons. The Morgan fingerprint density at radius 3 is 1.05 bits per heavy atom. The van der Waals surface area contributed by atoms with Crippen molar-refractivity contribution in [2.75, 3.05) is 134 Å². The lowest BCUT2D eigenvalue weighted by Crippen LogP contribution is -2.49. The van der Waals surface area contributed by atoms with Crippen molar-refractivity contribution in [3.63, 3.8) is 0 Å². The summed E-state index contributed by atoms with van der Waals surface area (Å²) in [6.07, 6.45) is -11.4. The number of likely N-dealkylation sites (N-methyl/N-ethyl adjacent to an activating group) is 2. The summed E-state index contributed by atoms with van der Waals surface area (Å²) in [5.74, 6) is -0.855. The second-order valence-electron chi connectivity index (χ2n) is 35.4. The Labute approximate surface area is 793 Å². The van der Waals surface area contributed by atoms with Crippen molar-refractivity contribution in [3.05, 3.63) is 247 Å². The maximum atomic E-state index is 13.7. The quantitative estimate of drug-likeness (QED) is 0.0165. The van der Waals surface area contributed by atoms with E-state index in [1.165, 1.54) is 42.5 Å². The van der Waals surface area contributed by atoms with Gasteiger partial charge in [-0.15, -0.1) is 0 Å². The van der Waals surface area contributed by atoms with Crippen molar-refractivity contribution in [2.24, 2.45) is 29.4 Å². The first-order valence-electron chi connectivity index (χ1n) is 46.0. The number of amides is 2. The number of nitrogens with two attached hydrogens (primary N) is 1. The molecule has 8 aliphatic heterocycles. The van der Waals surface area contributed by atoms with Gasteiger partial charge in [0.1, 0.15) is 0 Å². The number of alkyl halides is 12. The Morgan fingerprint density at radius 1 is 0.415 bits per heavy atom. The number of nitrogens with zero attached hydrogens (tertiary/aromatic N) is 4. The Hall–Kier alpha value is -9.06. The van der Waals surface area contributed by atoms with Crippen LogP contribution in [0.15, 0.2) is 181 Å². The Kier molecular flexibility index (Phi) is 40.6. The van der Waals surface area contributed by atoms with Gasteiger partial charge in [0.05, 0.1) is 102 Å². The fraction of sp³-hybridized carbons (Fsp3) is 0.534. The minimum Gasteiger partial charge on any atom is -0.480 e. The maximum Gasteiger partial charge on any atom is 0.416 e. The monoisotopic (exact) mass is 1920 g/mol. The number of halogens is 12. The average molecular weight is 1920 g/mol. The van der Waals surface area contributed by atoms with Gasteiger partial charge in [-0.1, -0.05) is 148 Å². The van der Waals surface area contributed by atoms with Gasteiger partial charge in [0.25, 0.3) is 0 Å². The van der Waals surface area contributed by atoms with Crippen LogP contribution in [0.2, 0.25) is 0 Å². The smallest absolute Gasteiger partial charge is 0.416 e. The van der Waals surface area contributed by atoms with Crippen LogP contribution in [0.3, 0.4) is 0 Å². The zero-order valence-electron chi connectivity index (χ0n) is 74.9. The van der Waals surface area contributed by atoms with Gasteiger partial charge in [-0.2, -0.15) is 64.0 Å². The summed E-state index contributed by atoms with van der Waals surface area (Å²) in [5.41, 5.74) is 12.5. The largest absolute Gasteiger partial charge is 0.480 e. The van der Waals surface area contributed by atoms with E-state index in [4.69, 9.17) is 29.8 Å². The third-order valence-electron chi connectivity index (χ3n) is 26.7. The number of benzene rings is 7.